The molecule has 0 fully saturated rings. The van der Waals surface area contributed by atoms with Crippen molar-refractivity contribution >= 4 is 11.5 Å². The predicted molar refractivity (Wildman–Crippen MR) is 70.6 cm³/mol. The van der Waals surface area contributed by atoms with Crippen molar-refractivity contribution in [3.05, 3.63) is 65.7 Å². The van der Waals surface area contributed by atoms with Crippen molar-refractivity contribution in [1.82, 2.24) is 0 Å². The van der Waals surface area contributed by atoms with Crippen LogP contribution >= 0.6 is 0 Å². The second-order valence-corrected chi connectivity index (χ2v) is 4.11. The van der Waals surface area contributed by atoms with E-state index in [0.717, 1.165) is 16.8 Å². The van der Waals surface area contributed by atoms with Gasteiger partial charge in [0.15, 0.2) is 5.78 Å². The summed E-state index contributed by atoms with van der Waals surface area (Å²) in [4.78, 5) is 14.3. The van der Waals surface area contributed by atoms with Crippen LogP contribution in [-0.4, -0.2) is 19.9 Å². The summed E-state index contributed by atoms with van der Waals surface area (Å²) < 4.78 is 0. The van der Waals surface area contributed by atoms with E-state index in [0.29, 0.717) is 0 Å². The summed E-state index contributed by atoms with van der Waals surface area (Å²) in [5.41, 5.74) is 2.41. The number of carbonyl (C=O) groups is 1. The lowest BCUT2D eigenvalue weighted by molar-refractivity contribution is 0.103. The molecule has 2 aromatic carbocycles. The first kappa shape index (κ1) is 11.4. The van der Waals surface area contributed by atoms with Crippen LogP contribution in [0.15, 0.2) is 54.6 Å². The third-order valence-electron chi connectivity index (χ3n) is 2.67. The van der Waals surface area contributed by atoms with Gasteiger partial charge in [0, 0.05) is 30.9 Å². The van der Waals surface area contributed by atoms with E-state index in [1.807, 2.05) is 73.6 Å². The zero-order chi connectivity index (χ0) is 12.3. The van der Waals surface area contributed by atoms with Crippen molar-refractivity contribution in [1.29, 1.82) is 0 Å². The van der Waals surface area contributed by atoms with Gasteiger partial charge in [-0.15, -0.1) is 0 Å². The third kappa shape index (κ3) is 2.36. The normalized spacial score (nSPS) is 10.0. The Morgan fingerprint density at radius 3 is 2.12 bits per heavy atom. The molecule has 0 amide bonds. The molecule has 0 heterocycles. The van der Waals surface area contributed by atoms with Gasteiger partial charge in [0.1, 0.15) is 0 Å². The first-order chi connectivity index (χ1) is 8.20. The van der Waals surface area contributed by atoms with E-state index in [1.54, 1.807) is 0 Å². The van der Waals surface area contributed by atoms with Gasteiger partial charge in [-0.1, -0.05) is 42.5 Å². The summed E-state index contributed by atoms with van der Waals surface area (Å²) in [6.07, 6.45) is 0. The molecule has 2 nitrogen and oxygen atoms in total. The zero-order valence-corrected chi connectivity index (χ0v) is 10.1. The topological polar surface area (TPSA) is 20.3 Å². The molecular formula is C15H15NO. The van der Waals surface area contributed by atoms with Crippen molar-refractivity contribution in [3.63, 3.8) is 0 Å². The summed E-state index contributed by atoms with van der Waals surface area (Å²) in [5.74, 6) is 0.0647. The number of rotatable bonds is 3. The number of para-hydroxylation sites is 1. The number of nitrogens with zero attached hydrogens (tertiary/aromatic N) is 1. The maximum absolute atomic E-state index is 12.3. The zero-order valence-electron chi connectivity index (χ0n) is 10.1. The molecule has 0 bridgehead atoms. The summed E-state index contributed by atoms with van der Waals surface area (Å²) in [7, 11) is 3.88. The largest absolute Gasteiger partial charge is 0.377 e. The third-order valence-corrected chi connectivity index (χ3v) is 2.67. The Hall–Kier alpha value is -2.09. The van der Waals surface area contributed by atoms with Crippen LogP contribution in [0.2, 0.25) is 0 Å². The molecule has 0 unspecified atom stereocenters. The molecular weight excluding hydrogens is 210 g/mol. The van der Waals surface area contributed by atoms with E-state index in [-0.39, 0.29) is 5.78 Å². The Morgan fingerprint density at radius 2 is 1.47 bits per heavy atom. The lowest BCUT2D eigenvalue weighted by atomic mass is 10.0. The molecule has 0 aliphatic heterocycles. The summed E-state index contributed by atoms with van der Waals surface area (Å²) in [6, 6.07) is 17.0. The van der Waals surface area contributed by atoms with Gasteiger partial charge in [0.25, 0.3) is 0 Å². The second kappa shape index (κ2) is 4.83. The minimum atomic E-state index is 0.0647. The molecule has 0 N–H and O–H groups in total. The lowest BCUT2D eigenvalue weighted by Gasteiger charge is -2.16. The Kier molecular flexibility index (Phi) is 3.24. The van der Waals surface area contributed by atoms with Gasteiger partial charge in [0.05, 0.1) is 0 Å². The average Bonchev–Trinajstić information content (AvgIpc) is 2.39. The number of benzene rings is 2. The molecule has 0 radical (unpaired) electrons. The van der Waals surface area contributed by atoms with Gasteiger partial charge in [-0.25, -0.2) is 0 Å². The van der Waals surface area contributed by atoms with Crippen molar-refractivity contribution < 1.29 is 4.79 Å². The molecule has 0 aliphatic carbocycles. The smallest absolute Gasteiger partial charge is 0.195 e. The van der Waals surface area contributed by atoms with E-state index in [9.17, 15) is 4.79 Å². The van der Waals surface area contributed by atoms with Crippen LogP contribution in [0.4, 0.5) is 5.69 Å². The van der Waals surface area contributed by atoms with Crippen LogP contribution in [0.3, 0.4) is 0 Å². The highest BCUT2D eigenvalue weighted by Gasteiger charge is 2.13. The Labute approximate surface area is 102 Å². The van der Waals surface area contributed by atoms with Crippen molar-refractivity contribution in [2.45, 2.75) is 0 Å². The molecule has 0 saturated heterocycles. The SMILES string of the molecule is CN(C)c1ccccc1C(=O)c1ccccc1. The molecule has 0 saturated carbocycles. The number of anilines is 1. The minimum absolute atomic E-state index is 0.0647. The number of hydrogen-bond acceptors (Lipinski definition) is 2. The number of carbonyl (C=O) groups excluding carboxylic acids is 1. The predicted octanol–water partition coefficient (Wildman–Crippen LogP) is 2.98. The summed E-state index contributed by atoms with van der Waals surface area (Å²) >= 11 is 0. The van der Waals surface area contributed by atoms with E-state index in [2.05, 4.69) is 0 Å². The van der Waals surface area contributed by atoms with Crippen LogP contribution in [0, 0.1) is 0 Å². The number of hydrogen-bond donors (Lipinski definition) is 0. The molecule has 0 spiro atoms. The van der Waals surface area contributed by atoms with Crippen molar-refractivity contribution in [3.8, 4) is 0 Å². The molecule has 2 heteroatoms. The molecule has 0 aliphatic rings. The van der Waals surface area contributed by atoms with Crippen LogP contribution in [0.5, 0.6) is 0 Å². The highest BCUT2D eigenvalue weighted by molar-refractivity contribution is 6.12. The van der Waals surface area contributed by atoms with Crippen LogP contribution in [0.25, 0.3) is 0 Å². The Morgan fingerprint density at radius 1 is 0.882 bits per heavy atom. The minimum Gasteiger partial charge on any atom is -0.377 e. The quantitative estimate of drug-likeness (QED) is 0.748. The fraction of sp³-hybridized carbons (Fsp3) is 0.133. The maximum Gasteiger partial charge on any atom is 0.195 e. The lowest BCUT2D eigenvalue weighted by Crippen LogP contribution is -2.14. The van der Waals surface area contributed by atoms with Gasteiger partial charge in [-0.2, -0.15) is 0 Å². The van der Waals surface area contributed by atoms with Gasteiger partial charge in [-0.05, 0) is 12.1 Å². The van der Waals surface area contributed by atoms with E-state index in [4.69, 9.17) is 0 Å². The van der Waals surface area contributed by atoms with Crippen LogP contribution in [-0.2, 0) is 0 Å². The second-order valence-electron chi connectivity index (χ2n) is 4.11. The fourth-order valence-corrected chi connectivity index (χ4v) is 1.80. The first-order valence-electron chi connectivity index (χ1n) is 5.56. The van der Waals surface area contributed by atoms with Crippen LogP contribution < -0.4 is 4.90 Å². The van der Waals surface area contributed by atoms with Gasteiger partial charge >= 0.3 is 0 Å². The molecule has 17 heavy (non-hydrogen) atoms. The van der Waals surface area contributed by atoms with Gasteiger partial charge < -0.3 is 4.90 Å². The highest BCUT2D eigenvalue weighted by atomic mass is 16.1. The molecule has 2 aromatic rings. The van der Waals surface area contributed by atoms with Crippen LogP contribution in [0.1, 0.15) is 15.9 Å². The molecule has 86 valence electrons. The van der Waals surface area contributed by atoms with Crippen molar-refractivity contribution in [2.75, 3.05) is 19.0 Å². The Bertz CT molecular complexity index is 517. The van der Waals surface area contributed by atoms with E-state index >= 15 is 0 Å². The van der Waals surface area contributed by atoms with E-state index < -0.39 is 0 Å². The highest BCUT2D eigenvalue weighted by Crippen LogP contribution is 2.21. The molecule has 2 rings (SSSR count). The number of ketones is 1. The van der Waals surface area contributed by atoms with Gasteiger partial charge in [-0.3, -0.25) is 4.79 Å². The monoisotopic (exact) mass is 225 g/mol. The standard InChI is InChI=1S/C15H15NO/c1-16(2)14-11-7-6-10-13(14)15(17)12-8-4-3-5-9-12/h3-11H,1-2H3. The fourth-order valence-electron chi connectivity index (χ4n) is 1.80. The summed E-state index contributed by atoms with van der Waals surface area (Å²) in [5, 5.41) is 0. The maximum atomic E-state index is 12.3. The van der Waals surface area contributed by atoms with Crippen molar-refractivity contribution in [2.24, 2.45) is 0 Å². The Balaban J connectivity index is 2.45. The van der Waals surface area contributed by atoms with E-state index in [1.165, 1.54) is 0 Å². The van der Waals surface area contributed by atoms with Gasteiger partial charge in [0.2, 0.25) is 0 Å². The first-order valence-corrected chi connectivity index (χ1v) is 5.56. The summed E-state index contributed by atoms with van der Waals surface area (Å²) in [6.45, 7) is 0. The average molecular weight is 225 g/mol. The molecule has 0 aromatic heterocycles. The molecule has 0 atom stereocenters.